The Morgan fingerprint density at radius 3 is 2.72 bits per heavy atom. The Morgan fingerprint density at radius 1 is 1.31 bits per heavy atom. The van der Waals surface area contributed by atoms with Gasteiger partial charge in [0.2, 0.25) is 10.0 Å². The third-order valence-electron chi connectivity index (χ3n) is 4.78. The van der Waals surface area contributed by atoms with Crippen LogP contribution in [0.1, 0.15) is 11.1 Å². The fourth-order valence-corrected chi connectivity index (χ4v) is 3.93. The minimum atomic E-state index is -3.71. The first-order chi connectivity index (χ1) is 13.7. The van der Waals surface area contributed by atoms with Gasteiger partial charge in [-0.2, -0.15) is 0 Å². The van der Waals surface area contributed by atoms with Crippen molar-refractivity contribution >= 4 is 32.7 Å². The number of nitrogens with zero attached hydrogens (tertiary/aromatic N) is 4. The molecule has 10 heteroatoms. The van der Waals surface area contributed by atoms with Crippen molar-refractivity contribution in [2.75, 3.05) is 30.8 Å². The Kier molecular flexibility index (Phi) is 5.85. The molecule has 2 N–H and O–H groups in total. The maximum Gasteiger partial charge on any atom is 0.318 e. The summed E-state index contributed by atoms with van der Waals surface area (Å²) in [6.07, 6.45) is 5.24. The second kappa shape index (κ2) is 8.18. The average molecular weight is 417 g/mol. The van der Waals surface area contributed by atoms with E-state index in [-0.39, 0.29) is 12.3 Å². The fraction of sp³-hybridized carbons (Fsp3) is 0.316. The highest BCUT2D eigenvalue weighted by molar-refractivity contribution is 7.89. The van der Waals surface area contributed by atoms with Crippen molar-refractivity contribution in [3.05, 3.63) is 48.0 Å². The fourth-order valence-electron chi connectivity index (χ4n) is 2.92. The van der Waals surface area contributed by atoms with E-state index >= 15 is 0 Å². The highest BCUT2D eigenvalue weighted by Gasteiger charge is 2.16. The Hall–Kier alpha value is -2.98. The van der Waals surface area contributed by atoms with E-state index in [4.69, 9.17) is 10.1 Å². The summed E-state index contributed by atoms with van der Waals surface area (Å²) in [6, 6.07) is 5.95. The van der Waals surface area contributed by atoms with Crippen molar-refractivity contribution in [3.63, 3.8) is 0 Å². The Morgan fingerprint density at radius 2 is 2.07 bits per heavy atom. The van der Waals surface area contributed by atoms with E-state index in [0.717, 1.165) is 27.7 Å². The smallest absolute Gasteiger partial charge is 0.318 e. The number of carbonyl (C=O) groups is 1. The zero-order valence-electron chi connectivity index (χ0n) is 16.5. The van der Waals surface area contributed by atoms with Gasteiger partial charge in [0.25, 0.3) is 0 Å². The normalized spacial score (nSPS) is 11.7. The molecule has 0 bridgehead atoms. The van der Waals surface area contributed by atoms with E-state index in [0.29, 0.717) is 5.82 Å². The lowest BCUT2D eigenvalue weighted by atomic mass is 10.0. The molecule has 0 spiro atoms. The number of aliphatic carboxylic acids is 1. The number of anilines is 1. The number of fused-ring (bicyclic) bond motifs is 1. The zero-order valence-corrected chi connectivity index (χ0v) is 17.3. The number of imidazole rings is 1. The maximum atomic E-state index is 12.0. The molecule has 0 aliphatic rings. The molecular formula is C19H23N5O4S. The summed E-state index contributed by atoms with van der Waals surface area (Å²) in [4.78, 5) is 21.2. The number of aryl methyl sites for hydroxylation is 2. The van der Waals surface area contributed by atoms with Gasteiger partial charge in [0.05, 0.1) is 23.3 Å². The summed E-state index contributed by atoms with van der Waals surface area (Å²) in [6.45, 7) is 3.54. The topological polar surface area (TPSA) is 117 Å². The number of pyridine rings is 1. The van der Waals surface area contributed by atoms with E-state index in [2.05, 4.69) is 9.71 Å². The molecule has 0 saturated heterocycles. The van der Waals surface area contributed by atoms with Crippen LogP contribution < -0.4 is 9.62 Å². The largest absolute Gasteiger partial charge is 0.480 e. The molecule has 0 radical (unpaired) electrons. The molecule has 2 heterocycles. The summed E-state index contributed by atoms with van der Waals surface area (Å²) in [5.74, 6) is -0.860. The van der Waals surface area contributed by atoms with Gasteiger partial charge in [-0.25, -0.2) is 23.1 Å². The first-order valence-electron chi connectivity index (χ1n) is 8.97. The van der Waals surface area contributed by atoms with E-state index in [1.165, 1.54) is 0 Å². The van der Waals surface area contributed by atoms with Crippen molar-refractivity contribution < 1.29 is 18.3 Å². The summed E-state index contributed by atoms with van der Waals surface area (Å²) in [5, 5.41) is 9.62. The second-order valence-electron chi connectivity index (χ2n) is 6.83. The van der Waals surface area contributed by atoms with Crippen LogP contribution in [-0.4, -0.2) is 59.9 Å². The summed E-state index contributed by atoms with van der Waals surface area (Å²) < 4.78 is 28.0. The van der Waals surface area contributed by atoms with Crippen molar-refractivity contribution in [2.24, 2.45) is 0 Å². The monoisotopic (exact) mass is 417 g/mol. The molecule has 3 aromatic rings. The first-order valence-corrected chi connectivity index (χ1v) is 10.6. The Bertz CT molecular complexity index is 1140. The number of nitrogens with one attached hydrogen (secondary N) is 1. The van der Waals surface area contributed by atoms with Gasteiger partial charge in [-0.3, -0.25) is 4.79 Å². The molecule has 0 amide bonds. The number of benzene rings is 1. The van der Waals surface area contributed by atoms with Crippen molar-refractivity contribution in [1.82, 2.24) is 19.3 Å². The van der Waals surface area contributed by atoms with E-state index in [9.17, 15) is 13.2 Å². The standard InChI is InChI=1S/C19H23N5O4S/c1-13-4-5-15-16(24-7-6-20-12-24)10-17(22-19(15)14(13)2)23(3)8-9-29(27,28)21-11-18(25)26/h4-7,10,12,21H,8-9,11H2,1-3H3,(H,25,26). The zero-order chi connectivity index (χ0) is 21.2. The molecule has 0 aliphatic carbocycles. The molecule has 9 nitrogen and oxygen atoms in total. The third kappa shape index (κ3) is 4.72. The number of aromatic nitrogens is 3. The van der Waals surface area contributed by atoms with Gasteiger partial charge in [0.1, 0.15) is 12.4 Å². The maximum absolute atomic E-state index is 12.0. The van der Waals surface area contributed by atoms with Crippen LogP contribution in [0, 0.1) is 13.8 Å². The molecule has 0 unspecified atom stereocenters. The van der Waals surface area contributed by atoms with Crippen LogP contribution in [0.3, 0.4) is 0 Å². The van der Waals surface area contributed by atoms with Gasteiger partial charge in [-0.15, -0.1) is 0 Å². The summed E-state index contributed by atoms with van der Waals surface area (Å²) in [7, 11) is -1.95. The Labute approximate surface area is 169 Å². The summed E-state index contributed by atoms with van der Waals surface area (Å²) >= 11 is 0. The molecular weight excluding hydrogens is 394 g/mol. The summed E-state index contributed by atoms with van der Waals surface area (Å²) in [5.41, 5.74) is 3.89. The van der Waals surface area contributed by atoms with Crippen molar-refractivity contribution in [1.29, 1.82) is 0 Å². The average Bonchev–Trinajstić information content (AvgIpc) is 3.21. The number of sulfonamides is 1. The van der Waals surface area contributed by atoms with Crippen LogP contribution in [0.25, 0.3) is 16.6 Å². The van der Waals surface area contributed by atoms with Crippen LogP contribution in [0.5, 0.6) is 0 Å². The molecule has 1 aromatic carbocycles. The van der Waals surface area contributed by atoms with Gasteiger partial charge in [0, 0.05) is 37.4 Å². The molecule has 0 atom stereocenters. The number of rotatable bonds is 8. The highest BCUT2D eigenvalue weighted by atomic mass is 32.2. The van der Waals surface area contributed by atoms with E-state index in [1.807, 2.05) is 42.8 Å². The first kappa shape index (κ1) is 20.7. The van der Waals surface area contributed by atoms with Gasteiger partial charge in [0.15, 0.2) is 0 Å². The lowest BCUT2D eigenvalue weighted by Crippen LogP contribution is -2.35. The molecule has 154 valence electrons. The lowest BCUT2D eigenvalue weighted by Gasteiger charge is -2.21. The molecule has 29 heavy (non-hydrogen) atoms. The number of carboxylic acid groups (broad SMARTS) is 1. The van der Waals surface area contributed by atoms with Crippen LogP contribution in [0.2, 0.25) is 0 Å². The predicted molar refractivity (Wildman–Crippen MR) is 111 cm³/mol. The van der Waals surface area contributed by atoms with E-state index < -0.39 is 22.5 Å². The Balaban J connectivity index is 1.95. The van der Waals surface area contributed by atoms with Gasteiger partial charge >= 0.3 is 5.97 Å². The van der Waals surface area contributed by atoms with Gasteiger partial charge in [-0.1, -0.05) is 12.1 Å². The molecule has 2 aromatic heterocycles. The minimum Gasteiger partial charge on any atom is -0.480 e. The third-order valence-corrected chi connectivity index (χ3v) is 6.09. The molecule has 0 saturated carbocycles. The minimum absolute atomic E-state index is 0.154. The molecule has 0 fully saturated rings. The van der Waals surface area contributed by atoms with Crippen LogP contribution in [0.4, 0.5) is 5.82 Å². The van der Waals surface area contributed by atoms with Crippen LogP contribution >= 0.6 is 0 Å². The van der Waals surface area contributed by atoms with Crippen molar-refractivity contribution in [3.8, 4) is 5.69 Å². The number of hydrogen-bond donors (Lipinski definition) is 2. The molecule has 0 aliphatic heterocycles. The number of hydrogen-bond acceptors (Lipinski definition) is 6. The second-order valence-corrected chi connectivity index (χ2v) is 8.75. The van der Waals surface area contributed by atoms with Crippen molar-refractivity contribution in [2.45, 2.75) is 13.8 Å². The van der Waals surface area contributed by atoms with Gasteiger partial charge < -0.3 is 14.6 Å². The highest BCUT2D eigenvalue weighted by Crippen LogP contribution is 2.29. The quantitative estimate of drug-likeness (QED) is 0.570. The molecule has 3 rings (SSSR count). The lowest BCUT2D eigenvalue weighted by molar-refractivity contribution is -0.135. The number of carboxylic acids is 1. The van der Waals surface area contributed by atoms with E-state index in [1.54, 1.807) is 24.5 Å². The van der Waals surface area contributed by atoms with Crippen LogP contribution in [0.15, 0.2) is 36.9 Å². The van der Waals surface area contributed by atoms with Gasteiger partial charge in [-0.05, 0) is 25.0 Å². The van der Waals surface area contributed by atoms with Crippen LogP contribution in [-0.2, 0) is 14.8 Å². The SMILES string of the molecule is Cc1ccc2c(-n3ccnc3)cc(N(C)CCS(=O)(=O)NCC(=O)O)nc2c1C. The predicted octanol–water partition coefficient (Wildman–Crippen LogP) is 1.48.